The summed E-state index contributed by atoms with van der Waals surface area (Å²) in [5, 5.41) is 16.9. The summed E-state index contributed by atoms with van der Waals surface area (Å²) in [5.74, 6) is 0. The van der Waals surface area contributed by atoms with Gasteiger partial charge in [0.1, 0.15) is 6.23 Å². The zero-order valence-electron chi connectivity index (χ0n) is 5.79. The molecular weight excluding hydrogens is 124 g/mol. The second-order valence-corrected chi connectivity index (χ2v) is 1.68. The van der Waals surface area contributed by atoms with Crippen LogP contribution < -0.4 is 5.34 Å². The van der Waals surface area contributed by atoms with Crippen molar-refractivity contribution in [2.75, 3.05) is 14.1 Å². The summed E-state index contributed by atoms with van der Waals surface area (Å²) in [4.78, 5) is 9.85. The lowest BCUT2D eigenvalue weighted by Crippen LogP contribution is -2.53. The van der Waals surface area contributed by atoms with E-state index in [1.54, 1.807) is 11.8 Å². The molecule has 0 aliphatic heterocycles. The molecule has 0 fully saturated rings. The van der Waals surface area contributed by atoms with Crippen LogP contribution in [0.4, 0.5) is 0 Å². The minimum atomic E-state index is -0.315. The van der Waals surface area contributed by atoms with Crippen molar-refractivity contribution in [3.8, 4) is 0 Å². The molecule has 0 spiro atoms. The minimum absolute atomic E-state index is 0.250. The standard InChI is InChI=1S/C4H11NO.HNO2/c1-4(6)5(2)3;2-1-3/h4,6H,1-3H3;1H. The van der Waals surface area contributed by atoms with Crippen molar-refractivity contribution in [3.05, 3.63) is 10.1 Å². The summed E-state index contributed by atoms with van der Waals surface area (Å²) in [6.45, 7) is 1.72. The maximum Gasteiger partial charge on any atom is 0.104 e. The van der Waals surface area contributed by atoms with E-state index in [1.165, 1.54) is 0 Å². The molecule has 0 saturated heterocycles. The lowest BCUT2D eigenvalue weighted by molar-refractivity contribution is -0.398. The van der Waals surface area contributed by atoms with E-state index in [9.17, 15) is 0 Å². The third-order valence-corrected chi connectivity index (χ3v) is 0.747. The minimum Gasteiger partial charge on any atom is -0.379 e. The van der Waals surface area contributed by atoms with Crippen molar-refractivity contribution < 1.29 is 10.4 Å². The number of hydrogen-bond donors (Lipinski definition) is 2. The Labute approximate surface area is 53.8 Å². The molecule has 0 aliphatic rings. The lowest BCUT2D eigenvalue weighted by Gasteiger charge is -2.11. The molecular formula is C4H12N2O3. The highest BCUT2D eigenvalue weighted by Gasteiger charge is 1.92. The number of hydrogen-bond acceptors (Lipinski definition) is 4. The normalized spacial score (nSPS) is 11.7. The van der Waals surface area contributed by atoms with Crippen molar-refractivity contribution in [1.29, 1.82) is 0 Å². The first-order valence-electron chi connectivity index (χ1n) is 2.40. The van der Waals surface area contributed by atoms with Gasteiger partial charge in [-0.1, -0.05) is 0 Å². The van der Waals surface area contributed by atoms with E-state index in [2.05, 4.69) is 0 Å². The van der Waals surface area contributed by atoms with Gasteiger partial charge in [0.15, 0.2) is 0 Å². The predicted molar refractivity (Wildman–Crippen MR) is 33.1 cm³/mol. The van der Waals surface area contributed by atoms with E-state index in [-0.39, 0.29) is 11.6 Å². The topological polar surface area (TPSA) is 77.6 Å². The van der Waals surface area contributed by atoms with E-state index in [0.29, 0.717) is 0 Å². The van der Waals surface area contributed by atoms with Gasteiger partial charge in [0.05, 0.1) is 0 Å². The second-order valence-electron chi connectivity index (χ2n) is 1.68. The van der Waals surface area contributed by atoms with Crippen LogP contribution in [-0.4, -0.2) is 30.3 Å². The number of rotatable bonds is 1. The molecule has 0 bridgehead atoms. The van der Waals surface area contributed by atoms with Gasteiger partial charge in [-0.15, -0.1) is 0 Å². The maximum absolute atomic E-state index is 8.56. The first-order valence-corrected chi connectivity index (χ1v) is 2.40. The van der Waals surface area contributed by atoms with Crippen LogP contribution in [0.5, 0.6) is 0 Å². The van der Waals surface area contributed by atoms with E-state index >= 15 is 0 Å². The highest BCUT2D eigenvalue weighted by atomic mass is 16.6. The maximum atomic E-state index is 8.56. The van der Waals surface area contributed by atoms with Gasteiger partial charge in [-0.05, 0) is 21.0 Å². The van der Waals surface area contributed by atoms with Crippen LogP contribution in [0.1, 0.15) is 6.92 Å². The molecule has 9 heavy (non-hydrogen) atoms. The number of aliphatic hydroxyl groups is 1. The number of nitrogens with zero attached hydrogens (tertiary/aromatic N) is 1. The summed E-state index contributed by atoms with van der Waals surface area (Å²) in [5.41, 5.74) is 0. The van der Waals surface area contributed by atoms with Crippen LogP contribution in [-0.2, 0) is 0 Å². The first-order chi connectivity index (χ1) is 4.06. The number of nitrogens with one attached hydrogen (secondary N) is 1. The molecule has 1 unspecified atom stereocenters. The van der Waals surface area contributed by atoms with Gasteiger partial charge in [0, 0.05) is 5.34 Å². The van der Waals surface area contributed by atoms with Gasteiger partial charge in [-0.25, -0.2) is 0 Å². The van der Waals surface area contributed by atoms with E-state index in [1.807, 2.05) is 14.1 Å². The molecule has 0 aromatic heterocycles. The fraction of sp³-hybridized carbons (Fsp3) is 1.00. The Bertz CT molecular complexity index is 58.8. The lowest BCUT2D eigenvalue weighted by atomic mass is 10.6. The van der Waals surface area contributed by atoms with Crippen molar-refractivity contribution in [1.82, 2.24) is 4.90 Å². The molecule has 0 rings (SSSR count). The van der Waals surface area contributed by atoms with Crippen LogP contribution >= 0.6 is 0 Å². The summed E-state index contributed by atoms with van der Waals surface area (Å²) in [7, 11) is 3.65. The third kappa shape index (κ3) is 18.8. The van der Waals surface area contributed by atoms with Crippen molar-refractivity contribution in [2.45, 2.75) is 13.2 Å². The van der Waals surface area contributed by atoms with Crippen molar-refractivity contribution in [2.24, 2.45) is 0 Å². The fourth-order valence-electron chi connectivity index (χ4n) is 0. The fourth-order valence-corrected chi connectivity index (χ4v) is 0. The summed E-state index contributed by atoms with van der Waals surface area (Å²) in [6.07, 6.45) is -0.315. The Hall–Kier alpha value is -0.680. The summed E-state index contributed by atoms with van der Waals surface area (Å²) < 4.78 is 0. The molecule has 0 aromatic carbocycles. The van der Waals surface area contributed by atoms with Crippen LogP contribution in [0.15, 0.2) is 0 Å². The highest BCUT2D eigenvalue weighted by Crippen LogP contribution is 1.79. The molecule has 0 aromatic rings. The van der Waals surface area contributed by atoms with Crippen LogP contribution in [0.3, 0.4) is 0 Å². The average Bonchev–Trinajstić information content (AvgIpc) is 1.68. The summed E-state index contributed by atoms with van der Waals surface area (Å²) >= 11 is 0. The van der Waals surface area contributed by atoms with Crippen molar-refractivity contribution in [3.63, 3.8) is 0 Å². The molecule has 0 radical (unpaired) electrons. The van der Waals surface area contributed by atoms with Crippen molar-refractivity contribution >= 4 is 0 Å². The number of aliphatic hydroxyl groups excluding tert-OH is 1. The average molecular weight is 136 g/mol. The first kappa shape index (κ1) is 11.2. The van der Waals surface area contributed by atoms with Gasteiger partial charge in [-0.3, -0.25) is 15.0 Å². The van der Waals surface area contributed by atoms with E-state index < -0.39 is 0 Å². The molecule has 56 valence electrons. The van der Waals surface area contributed by atoms with Gasteiger partial charge in [0.25, 0.3) is 0 Å². The largest absolute Gasteiger partial charge is 0.379 e. The Balaban J connectivity index is 0. The Morgan fingerprint density at radius 3 is 1.78 bits per heavy atom. The highest BCUT2D eigenvalue weighted by molar-refractivity contribution is 4.35. The van der Waals surface area contributed by atoms with Gasteiger partial charge in [-0.2, -0.15) is 0 Å². The Morgan fingerprint density at radius 2 is 1.78 bits per heavy atom. The molecule has 0 amide bonds. The Morgan fingerprint density at radius 1 is 1.67 bits per heavy atom. The van der Waals surface area contributed by atoms with Gasteiger partial charge in [0.2, 0.25) is 0 Å². The zero-order chi connectivity index (χ0) is 7.86. The second kappa shape index (κ2) is 7.32. The quantitative estimate of drug-likeness (QED) is 0.254. The van der Waals surface area contributed by atoms with Crippen LogP contribution in [0, 0.1) is 10.1 Å². The van der Waals surface area contributed by atoms with Gasteiger partial charge < -0.3 is 5.11 Å². The van der Waals surface area contributed by atoms with Crippen LogP contribution in [0.25, 0.3) is 0 Å². The SMILES string of the molecule is CC(O)N(C)C.O=[NH+][O-]. The molecule has 0 saturated carbocycles. The molecule has 5 nitrogen and oxygen atoms in total. The molecule has 5 heteroatoms. The molecule has 0 heterocycles. The molecule has 2 N–H and O–H groups in total. The predicted octanol–water partition coefficient (Wildman–Crippen LogP) is -1.78. The van der Waals surface area contributed by atoms with Gasteiger partial charge >= 0.3 is 0 Å². The summed E-state index contributed by atoms with van der Waals surface area (Å²) in [6, 6.07) is 0. The van der Waals surface area contributed by atoms with E-state index in [0.717, 1.165) is 0 Å². The molecule has 1 atom stereocenters. The monoisotopic (exact) mass is 136 g/mol. The molecule has 0 aliphatic carbocycles. The van der Waals surface area contributed by atoms with Crippen LogP contribution in [0.2, 0.25) is 0 Å². The third-order valence-electron chi connectivity index (χ3n) is 0.747. The smallest absolute Gasteiger partial charge is 0.104 e. The van der Waals surface area contributed by atoms with E-state index in [4.69, 9.17) is 15.2 Å². The Kier molecular flexibility index (Phi) is 9.08. The zero-order valence-corrected chi connectivity index (χ0v) is 5.79.